The Kier molecular flexibility index (Phi) is 6.97. The molecule has 0 spiro atoms. The van der Waals surface area contributed by atoms with Gasteiger partial charge in [-0.15, -0.1) is 0 Å². The molecule has 0 aliphatic rings. The van der Waals surface area contributed by atoms with E-state index in [1.807, 2.05) is 6.92 Å². The van der Waals surface area contributed by atoms with Crippen molar-refractivity contribution in [1.82, 2.24) is 4.72 Å². The molecule has 21 heavy (non-hydrogen) atoms. The molecule has 1 rings (SSSR count). The minimum absolute atomic E-state index is 0.152. The van der Waals surface area contributed by atoms with Crippen molar-refractivity contribution < 1.29 is 17.9 Å². The van der Waals surface area contributed by atoms with Crippen molar-refractivity contribution in [2.45, 2.75) is 6.92 Å². The van der Waals surface area contributed by atoms with E-state index in [1.54, 1.807) is 31.4 Å². The lowest BCUT2D eigenvalue weighted by atomic mass is 10.3. The van der Waals surface area contributed by atoms with Gasteiger partial charge < -0.3 is 14.8 Å². The van der Waals surface area contributed by atoms with Crippen LogP contribution in [0.3, 0.4) is 0 Å². The van der Waals surface area contributed by atoms with E-state index in [9.17, 15) is 8.42 Å². The predicted octanol–water partition coefficient (Wildman–Crippen LogP) is 1.05. The van der Waals surface area contributed by atoms with Crippen molar-refractivity contribution in [3.05, 3.63) is 24.3 Å². The molecule has 0 bridgehead atoms. The number of nitrogens with zero attached hydrogens (tertiary/aromatic N) is 1. The molecule has 0 saturated carbocycles. The Morgan fingerprint density at radius 3 is 2.48 bits per heavy atom. The first kappa shape index (κ1) is 17.3. The Labute approximate surface area is 125 Å². The van der Waals surface area contributed by atoms with Crippen LogP contribution in [-0.2, 0) is 14.8 Å². The molecule has 0 atom stereocenters. The average Bonchev–Trinajstić information content (AvgIpc) is 2.40. The van der Waals surface area contributed by atoms with Gasteiger partial charge in [0.15, 0.2) is 0 Å². The molecule has 0 saturated heterocycles. The summed E-state index contributed by atoms with van der Waals surface area (Å²) in [7, 11) is -1.85. The van der Waals surface area contributed by atoms with Crippen molar-refractivity contribution in [2.75, 3.05) is 38.4 Å². The van der Waals surface area contributed by atoms with Crippen LogP contribution in [-0.4, -0.2) is 47.5 Å². The fourth-order valence-electron chi connectivity index (χ4n) is 1.46. The predicted molar refractivity (Wildman–Crippen MR) is 83.4 cm³/mol. The van der Waals surface area contributed by atoms with Crippen LogP contribution in [0, 0.1) is 0 Å². The molecule has 0 radical (unpaired) electrons. The third-order valence-electron chi connectivity index (χ3n) is 2.28. The first-order chi connectivity index (χ1) is 9.94. The highest BCUT2D eigenvalue weighted by Crippen LogP contribution is 2.15. The van der Waals surface area contributed by atoms with Crippen molar-refractivity contribution in [2.24, 2.45) is 4.99 Å². The van der Waals surface area contributed by atoms with Crippen molar-refractivity contribution in [3.63, 3.8) is 0 Å². The largest absolute Gasteiger partial charge is 0.494 e. The van der Waals surface area contributed by atoms with Gasteiger partial charge in [0.25, 0.3) is 0 Å². The normalized spacial score (nSPS) is 12.0. The van der Waals surface area contributed by atoms with Gasteiger partial charge in [0.1, 0.15) is 5.75 Å². The highest BCUT2D eigenvalue weighted by atomic mass is 32.2. The van der Waals surface area contributed by atoms with Gasteiger partial charge in [0.05, 0.1) is 26.0 Å². The van der Waals surface area contributed by atoms with Crippen molar-refractivity contribution in [1.29, 1.82) is 0 Å². The number of hydrogen-bond acceptors (Lipinski definition) is 5. The summed E-state index contributed by atoms with van der Waals surface area (Å²) < 4.78 is 35.2. The third kappa shape index (κ3) is 7.52. The minimum Gasteiger partial charge on any atom is -0.494 e. The SMILES string of the molecule is CCOc1ccc(NC(=NCCOC)NS(C)(=O)=O)cc1. The highest BCUT2D eigenvalue weighted by molar-refractivity contribution is 7.89. The Bertz CT molecular complexity index is 555. The van der Waals surface area contributed by atoms with Gasteiger partial charge in [-0.1, -0.05) is 0 Å². The number of guanidine groups is 1. The maximum atomic E-state index is 11.3. The Morgan fingerprint density at radius 1 is 1.29 bits per heavy atom. The quantitative estimate of drug-likeness (QED) is 0.446. The van der Waals surface area contributed by atoms with Gasteiger partial charge in [-0.2, -0.15) is 0 Å². The third-order valence-corrected chi connectivity index (χ3v) is 2.84. The maximum absolute atomic E-state index is 11.3. The lowest BCUT2D eigenvalue weighted by Crippen LogP contribution is -2.35. The van der Waals surface area contributed by atoms with Crippen LogP contribution in [0.25, 0.3) is 0 Å². The van der Waals surface area contributed by atoms with Crippen LogP contribution in [0.1, 0.15) is 6.92 Å². The number of ether oxygens (including phenoxy) is 2. The summed E-state index contributed by atoms with van der Waals surface area (Å²) >= 11 is 0. The molecule has 2 N–H and O–H groups in total. The van der Waals surface area contributed by atoms with Crippen LogP contribution in [0.5, 0.6) is 5.75 Å². The second-order valence-corrected chi connectivity index (χ2v) is 5.93. The van der Waals surface area contributed by atoms with E-state index in [0.717, 1.165) is 12.0 Å². The molecule has 0 fully saturated rings. The van der Waals surface area contributed by atoms with Gasteiger partial charge in [0.2, 0.25) is 16.0 Å². The summed E-state index contributed by atoms with van der Waals surface area (Å²) in [4.78, 5) is 4.11. The van der Waals surface area contributed by atoms with E-state index in [-0.39, 0.29) is 5.96 Å². The van der Waals surface area contributed by atoms with Crippen LogP contribution in [0.15, 0.2) is 29.3 Å². The standard InChI is InChI=1S/C13H21N3O4S/c1-4-20-12-7-5-11(6-8-12)15-13(14-9-10-19-2)16-21(3,17)18/h5-8H,4,9-10H2,1-3H3,(H2,14,15,16). The molecule has 7 nitrogen and oxygen atoms in total. The van der Waals surface area contributed by atoms with Crippen LogP contribution in [0.2, 0.25) is 0 Å². The summed E-state index contributed by atoms with van der Waals surface area (Å²) in [6.07, 6.45) is 1.07. The lowest BCUT2D eigenvalue weighted by Gasteiger charge is -2.11. The molecule has 8 heteroatoms. The van der Waals surface area contributed by atoms with E-state index < -0.39 is 10.0 Å². The number of rotatable bonds is 7. The minimum atomic E-state index is -3.41. The zero-order valence-electron chi connectivity index (χ0n) is 12.4. The second kappa shape index (κ2) is 8.48. The van der Waals surface area contributed by atoms with E-state index in [1.165, 1.54) is 0 Å². The monoisotopic (exact) mass is 315 g/mol. The Balaban J connectivity index is 2.77. The molecule has 0 heterocycles. The van der Waals surface area contributed by atoms with E-state index in [0.29, 0.717) is 25.4 Å². The summed E-state index contributed by atoms with van der Waals surface area (Å²) in [5.74, 6) is 0.899. The number of sulfonamides is 1. The molecule has 1 aromatic rings. The topological polar surface area (TPSA) is 89.0 Å². The van der Waals surface area contributed by atoms with Crippen LogP contribution >= 0.6 is 0 Å². The number of benzene rings is 1. The summed E-state index contributed by atoms with van der Waals surface area (Å²) in [5.41, 5.74) is 0.700. The van der Waals surface area contributed by atoms with E-state index in [2.05, 4.69) is 15.0 Å². The molecule has 118 valence electrons. The number of hydrogen-bond donors (Lipinski definition) is 2. The Hall–Kier alpha value is -1.80. The highest BCUT2D eigenvalue weighted by Gasteiger charge is 2.07. The molecule has 0 aromatic heterocycles. The average molecular weight is 315 g/mol. The molecule has 1 aromatic carbocycles. The van der Waals surface area contributed by atoms with Gasteiger partial charge >= 0.3 is 0 Å². The van der Waals surface area contributed by atoms with Crippen molar-refractivity contribution >= 4 is 21.7 Å². The van der Waals surface area contributed by atoms with Gasteiger partial charge in [-0.05, 0) is 31.2 Å². The van der Waals surface area contributed by atoms with Gasteiger partial charge in [-0.25, -0.2) is 13.4 Å². The molecule has 0 aliphatic heterocycles. The molecular formula is C13H21N3O4S. The summed E-state index contributed by atoms with van der Waals surface area (Å²) in [6, 6.07) is 7.14. The van der Waals surface area contributed by atoms with Crippen molar-refractivity contribution in [3.8, 4) is 5.75 Å². The second-order valence-electron chi connectivity index (χ2n) is 4.18. The fourth-order valence-corrected chi connectivity index (χ4v) is 1.93. The van der Waals surface area contributed by atoms with Gasteiger partial charge in [-0.3, -0.25) is 4.72 Å². The zero-order valence-corrected chi connectivity index (χ0v) is 13.2. The molecule has 0 aliphatic carbocycles. The van der Waals surface area contributed by atoms with Crippen LogP contribution < -0.4 is 14.8 Å². The Morgan fingerprint density at radius 2 is 1.95 bits per heavy atom. The van der Waals surface area contributed by atoms with E-state index in [4.69, 9.17) is 9.47 Å². The molecule has 0 amide bonds. The van der Waals surface area contributed by atoms with Crippen LogP contribution in [0.4, 0.5) is 5.69 Å². The van der Waals surface area contributed by atoms with Gasteiger partial charge in [0, 0.05) is 12.8 Å². The zero-order chi connectivity index (χ0) is 15.7. The lowest BCUT2D eigenvalue weighted by molar-refractivity contribution is 0.208. The maximum Gasteiger partial charge on any atom is 0.232 e. The number of anilines is 1. The summed E-state index contributed by atoms with van der Waals surface area (Å²) in [6.45, 7) is 3.24. The first-order valence-electron chi connectivity index (χ1n) is 6.45. The number of aliphatic imine (C=N–C) groups is 1. The molecular weight excluding hydrogens is 294 g/mol. The smallest absolute Gasteiger partial charge is 0.232 e. The fraction of sp³-hybridized carbons (Fsp3) is 0.462. The van der Waals surface area contributed by atoms with E-state index >= 15 is 0 Å². The first-order valence-corrected chi connectivity index (χ1v) is 8.35. The number of nitrogens with one attached hydrogen (secondary N) is 2. The molecule has 0 unspecified atom stereocenters. The number of methoxy groups -OCH3 is 1. The summed E-state index contributed by atoms with van der Waals surface area (Å²) in [5, 5.41) is 2.91.